The molecular weight excluding hydrogens is 400 g/mol. The molecule has 0 saturated heterocycles. The number of Topliss-reactive ketones (excluding diaryl/α,β-unsaturated/α-hetero) is 2. The van der Waals surface area contributed by atoms with Crippen LogP contribution in [0.1, 0.15) is 85.5 Å². The van der Waals surface area contributed by atoms with Crippen molar-refractivity contribution in [2.24, 2.45) is 0 Å². The van der Waals surface area contributed by atoms with E-state index in [1.807, 2.05) is 20.8 Å². The van der Waals surface area contributed by atoms with Gasteiger partial charge in [-0.3, -0.25) is 9.59 Å². The summed E-state index contributed by atoms with van der Waals surface area (Å²) in [6.07, 6.45) is 8.09. The Labute approximate surface area is 186 Å². The van der Waals surface area contributed by atoms with E-state index in [1.165, 1.54) is 14.2 Å². The standard InChI is InChI=1S/C24H38O7/c1-17-18(20(26)22(29-6)21(28-5)19(17)25)15-13-11-9-7-8-10-12-14-16-30-23(27)31-24(2,3)4/h7-16H2,1-6H3. The normalized spacial score (nSPS) is 14.8. The van der Waals surface area contributed by atoms with E-state index in [9.17, 15) is 14.4 Å². The molecule has 1 aliphatic carbocycles. The first-order valence-corrected chi connectivity index (χ1v) is 11.1. The highest BCUT2D eigenvalue weighted by Crippen LogP contribution is 2.28. The minimum absolute atomic E-state index is 0.00347. The topological polar surface area (TPSA) is 88.1 Å². The molecule has 1 rings (SSSR count). The Bertz CT molecular complexity index is 695. The molecule has 0 unspecified atom stereocenters. The molecule has 0 aromatic carbocycles. The minimum Gasteiger partial charge on any atom is -0.489 e. The summed E-state index contributed by atoms with van der Waals surface area (Å²) < 4.78 is 20.3. The molecule has 0 amide bonds. The van der Waals surface area contributed by atoms with Gasteiger partial charge in [0.1, 0.15) is 5.60 Å². The van der Waals surface area contributed by atoms with Crippen LogP contribution in [0.5, 0.6) is 0 Å². The summed E-state index contributed by atoms with van der Waals surface area (Å²) >= 11 is 0. The second-order valence-corrected chi connectivity index (χ2v) is 8.72. The molecule has 0 aromatic heterocycles. The molecule has 0 fully saturated rings. The highest BCUT2D eigenvalue weighted by Gasteiger charge is 2.34. The summed E-state index contributed by atoms with van der Waals surface area (Å²) in [5, 5.41) is 0. The molecule has 1 aliphatic rings. The Morgan fingerprint density at radius 1 is 0.774 bits per heavy atom. The van der Waals surface area contributed by atoms with E-state index < -0.39 is 11.8 Å². The van der Waals surface area contributed by atoms with Crippen LogP contribution in [-0.4, -0.2) is 44.1 Å². The lowest BCUT2D eigenvalue weighted by Crippen LogP contribution is -2.25. The summed E-state index contributed by atoms with van der Waals surface area (Å²) in [5.41, 5.74) is 0.464. The SMILES string of the molecule is COC1=C(OC)C(=O)C(CCCCCCCCCCOC(=O)OC(C)(C)C)=C(C)C1=O. The van der Waals surface area contributed by atoms with Gasteiger partial charge in [-0.2, -0.15) is 0 Å². The zero-order valence-electron chi connectivity index (χ0n) is 19.9. The van der Waals surface area contributed by atoms with Crippen molar-refractivity contribution in [3.63, 3.8) is 0 Å². The molecule has 0 spiro atoms. The van der Waals surface area contributed by atoms with Crippen molar-refractivity contribution in [1.82, 2.24) is 0 Å². The number of ketones is 2. The second-order valence-electron chi connectivity index (χ2n) is 8.72. The number of rotatable bonds is 13. The highest BCUT2D eigenvalue weighted by atomic mass is 16.7. The van der Waals surface area contributed by atoms with E-state index >= 15 is 0 Å². The quantitative estimate of drug-likeness (QED) is 0.215. The number of methoxy groups -OCH3 is 2. The fourth-order valence-corrected chi connectivity index (χ4v) is 3.39. The van der Waals surface area contributed by atoms with Gasteiger partial charge < -0.3 is 18.9 Å². The molecule has 0 heterocycles. The lowest BCUT2D eigenvalue weighted by Gasteiger charge is -2.20. The third-order valence-corrected chi connectivity index (χ3v) is 5.02. The molecule has 0 atom stereocenters. The smallest absolute Gasteiger partial charge is 0.489 e. The van der Waals surface area contributed by atoms with Crippen LogP contribution in [0, 0.1) is 0 Å². The van der Waals surface area contributed by atoms with Gasteiger partial charge in [-0.15, -0.1) is 0 Å². The number of ether oxygens (including phenoxy) is 4. The van der Waals surface area contributed by atoms with Crippen LogP contribution >= 0.6 is 0 Å². The molecule has 0 saturated carbocycles. The summed E-state index contributed by atoms with van der Waals surface area (Å²) in [7, 11) is 2.74. The number of allylic oxidation sites excluding steroid dienone is 2. The van der Waals surface area contributed by atoms with Gasteiger partial charge in [-0.25, -0.2) is 4.79 Å². The molecule has 0 radical (unpaired) electrons. The molecule has 0 aromatic rings. The van der Waals surface area contributed by atoms with Gasteiger partial charge in [-0.05, 0) is 47.0 Å². The first kappa shape index (κ1) is 26.7. The van der Waals surface area contributed by atoms with Crippen LogP contribution in [0.4, 0.5) is 4.79 Å². The fraction of sp³-hybridized carbons (Fsp3) is 0.708. The molecule has 7 nitrogen and oxygen atoms in total. The highest BCUT2D eigenvalue weighted by molar-refractivity contribution is 6.23. The molecule has 0 N–H and O–H groups in total. The van der Waals surface area contributed by atoms with Crippen LogP contribution in [0.25, 0.3) is 0 Å². The number of hydrogen-bond acceptors (Lipinski definition) is 7. The first-order valence-electron chi connectivity index (χ1n) is 11.1. The molecule has 7 heteroatoms. The lowest BCUT2D eigenvalue weighted by molar-refractivity contribution is -0.121. The Morgan fingerprint density at radius 3 is 1.77 bits per heavy atom. The molecule has 31 heavy (non-hydrogen) atoms. The Hall–Kier alpha value is -2.31. The van der Waals surface area contributed by atoms with Crippen LogP contribution < -0.4 is 0 Å². The first-order chi connectivity index (χ1) is 14.6. The van der Waals surface area contributed by atoms with Crippen molar-refractivity contribution in [3.05, 3.63) is 22.7 Å². The van der Waals surface area contributed by atoms with E-state index in [0.717, 1.165) is 51.4 Å². The fourth-order valence-electron chi connectivity index (χ4n) is 3.39. The molecule has 176 valence electrons. The van der Waals surface area contributed by atoms with Crippen molar-refractivity contribution in [3.8, 4) is 0 Å². The van der Waals surface area contributed by atoms with Gasteiger partial charge in [0.05, 0.1) is 20.8 Å². The average Bonchev–Trinajstić information content (AvgIpc) is 2.69. The Morgan fingerprint density at radius 2 is 1.26 bits per heavy atom. The summed E-state index contributed by atoms with van der Waals surface area (Å²) in [6, 6.07) is 0. The maximum Gasteiger partial charge on any atom is 0.508 e. The van der Waals surface area contributed by atoms with Crippen molar-refractivity contribution < 1.29 is 33.3 Å². The van der Waals surface area contributed by atoms with Crippen LogP contribution in [-0.2, 0) is 28.5 Å². The zero-order chi connectivity index (χ0) is 23.4. The van der Waals surface area contributed by atoms with Gasteiger partial charge in [0.15, 0.2) is 0 Å². The van der Waals surface area contributed by atoms with Gasteiger partial charge in [0.25, 0.3) is 0 Å². The zero-order valence-corrected chi connectivity index (χ0v) is 19.9. The maximum absolute atomic E-state index is 12.6. The van der Waals surface area contributed by atoms with Crippen molar-refractivity contribution in [2.45, 2.75) is 91.1 Å². The maximum atomic E-state index is 12.6. The molecule has 0 aliphatic heterocycles. The van der Waals surface area contributed by atoms with E-state index in [0.29, 0.717) is 24.2 Å². The third kappa shape index (κ3) is 9.15. The van der Waals surface area contributed by atoms with E-state index in [-0.39, 0.29) is 23.1 Å². The van der Waals surface area contributed by atoms with Crippen LogP contribution in [0.15, 0.2) is 22.7 Å². The third-order valence-electron chi connectivity index (χ3n) is 5.02. The Kier molecular flexibility index (Phi) is 11.4. The summed E-state index contributed by atoms with van der Waals surface area (Å²) in [4.78, 5) is 36.4. The van der Waals surface area contributed by atoms with Gasteiger partial charge in [0.2, 0.25) is 23.1 Å². The number of hydrogen-bond donors (Lipinski definition) is 0. The van der Waals surface area contributed by atoms with Gasteiger partial charge in [0, 0.05) is 11.1 Å². The lowest BCUT2D eigenvalue weighted by atomic mass is 9.89. The minimum atomic E-state index is -0.609. The largest absolute Gasteiger partial charge is 0.508 e. The van der Waals surface area contributed by atoms with Gasteiger partial charge in [-0.1, -0.05) is 38.5 Å². The van der Waals surface area contributed by atoms with Crippen LogP contribution in [0.3, 0.4) is 0 Å². The van der Waals surface area contributed by atoms with Crippen molar-refractivity contribution >= 4 is 17.7 Å². The predicted octanol–water partition coefficient (Wildman–Crippen LogP) is 5.42. The second kappa shape index (κ2) is 13.2. The predicted molar refractivity (Wildman–Crippen MR) is 117 cm³/mol. The molecular formula is C24H38O7. The van der Waals surface area contributed by atoms with E-state index in [2.05, 4.69) is 0 Å². The molecule has 0 bridgehead atoms. The summed E-state index contributed by atoms with van der Waals surface area (Å²) in [5.74, 6) is -0.524. The average molecular weight is 439 g/mol. The van der Waals surface area contributed by atoms with Crippen LogP contribution in [0.2, 0.25) is 0 Å². The number of unbranched alkanes of at least 4 members (excludes halogenated alkanes) is 7. The van der Waals surface area contributed by atoms with Crippen molar-refractivity contribution in [1.29, 1.82) is 0 Å². The number of carbonyl (C=O) groups is 3. The van der Waals surface area contributed by atoms with Gasteiger partial charge >= 0.3 is 6.16 Å². The Balaban J connectivity index is 2.15. The monoisotopic (exact) mass is 438 g/mol. The van der Waals surface area contributed by atoms with E-state index in [1.54, 1.807) is 6.92 Å². The summed E-state index contributed by atoms with van der Waals surface area (Å²) in [6.45, 7) is 7.49. The van der Waals surface area contributed by atoms with E-state index in [4.69, 9.17) is 18.9 Å². The van der Waals surface area contributed by atoms with Crippen molar-refractivity contribution in [2.75, 3.05) is 20.8 Å². The number of carbonyl (C=O) groups excluding carboxylic acids is 3.